The van der Waals surface area contributed by atoms with Gasteiger partial charge in [-0.1, -0.05) is 12.1 Å². The van der Waals surface area contributed by atoms with Crippen molar-refractivity contribution < 1.29 is 28.6 Å². The molecule has 0 unspecified atom stereocenters. The van der Waals surface area contributed by atoms with Crippen LogP contribution in [0.15, 0.2) is 29.8 Å². The molecule has 2 aliphatic carbocycles. The number of Topliss-reactive ketones (excluding diaryl/α,β-unsaturated/α-hetero) is 1. The molecule has 0 aromatic heterocycles. The second kappa shape index (κ2) is 5.34. The summed E-state index contributed by atoms with van der Waals surface area (Å²) in [4.78, 5) is 36.4. The first-order valence-corrected chi connectivity index (χ1v) is 8.59. The predicted molar refractivity (Wildman–Crippen MR) is 90.6 cm³/mol. The van der Waals surface area contributed by atoms with E-state index in [-0.39, 0.29) is 17.5 Å². The number of esters is 1. The lowest BCUT2D eigenvalue weighted by molar-refractivity contribution is -0.351. The minimum absolute atomic E-state index is 0.196. The van der Waals surface area contributed by atoms with Gasteiger partial charge in [0.15, 0.2) is 11.6 Å². The number of hydrogen-bond donors (Lipinski definition) is 0. The first-order chi connectivity index (χ1) is 12.2. The Morgan fingerprint density at radius 3 is 2.65 bits per heavy atom. The average molecular weight is 356 g/mol. The lowest BCUT2D eigenvalue weighted by Gasteiger charge is -2.54. The van der Waals surface area contributed by atoms with Crippen LogP contribution in [0.4, 0.5) is 0 Å². The van der Waals surface area contributed by atoms with Crippen molar-refractivity contribution in [2.45, 2.75) is 45.2 Å². The fraction of sp³-hybridized carbons (Fsp3) is 0.450. The van der Waals surface area contributed by atoms with Crippen LogP contribution in [0, 0.1) is 11.8 Å². The van der Waals surface area contributed by atoms with E-state index in [9.17, 15) is 14.4 Å². The van der Waals surface area contributed by atoms with Crippen LogP contribution >= 0.6 is 0 Å². The van der Waals surface area contributed by atoms with Crippen molar-refractivity contribution in [1.29, 1.82) is 0 Å². The predicted octanol–water partition coefficient (Wildman–Crippen LogP) is 2.55. The molecule has 6 heteroatoms. The minimum Gasteiger partial charge on any atom is -0.426 e. The topological polar surface area (TPSA) is 78.9 Å². The molecule has 6 nitrogen and oxygen atoms in total. The highest BCUT2D eigenvalue weighted by Gasteiger charge is 2.62. The van der Waals surface area contributed by atoms with Gasteiger partial charge in [-0.15, -0.1) is 0 Å². The number of ether oxygens (including phenoxy) is 3. The van der Waals surface area contributed by atoms with Crippen molar-refractivity contribution in [1.82, 2.24) is 0 Å². The van der Waals surface area contributed by atoms with Crippen LogP contribution in [0.3, 0.4) is 0 Å². The van der Waals surface area contributed by atoms with E-state index < -0.39 is 29.4 Å². The summed E-state index contributed by atoms with van der Waals surface area (Å²) in [5.41, 5.74) is 0.486. The zero-order valence-electron chi connectivity index (χ0n) is 15.1. The molecule has 0 bridgehead atoms. The van der Waals surface area contributed by atoms with Crippen LogP contribution in [0.25, 0.3) is 0 Å². The average Bonchev–Trinajstić information content (AvgIpc) is 2.90. The maximum atomic E-state index is 13.3. The van der Waals surface area contributed by atoms with Crippen molar-refractivity contribution in [3.8, 4) is 5.75 Å². The number of benzene rings is 1. The molecular weight excluding hydrogens is 336 g/mol. The lowest BCUT2D eigenvalue weighted by atomic mass is 9.64. The molecule has 1 aromatic carbocycles. The summed E-state index contributed by atoms with van der Waals surface area (Å²) in [6, 6.07) is 5.14. The summed E-state index contributed by atoms with van der Waals surface area (Å²) in [5.74, 6) is -2.48. The molecule has 136 valence electrons. The Morgan fingerprint density at radius 2 is 2.00 bits per heavy atom. The summed E-state index contributed by atoms with van der Waals surface area (Å²) >= 11 is 0. The Balaban J connectivity index is 1.98. The van der Waals surface area contributed by atoms with Gasteiger partial charge in [0.1, 0.15) is 17.6 Å². The third-order valence-electron chi connectivity index (χ3n) is 5.42. The van der Waals surface area contributed by atoms with Crippen LogP contribution in [0.5, 0.6) is 5.75 Å². The van der Waals surface area contributed by atoms with E-state index in [1.807, 2.05) is 26.8 Å². The highest BCUT2D eigenvalue weighted by atomic mass is 16.7. The van der Waals surface area contributed by atoms with Gasteiger partial charge in [-0.05, 0) is 38.5 Å². The summed E-state index contributed by atoms with van der Waals surface area (Å²) in [7, 11) is 0. The van der Waals surface area contributed by atoms with Crippen molar-refractivity contribution >= 4 is 18.0 Å². The first-order valence-electron chi connectivity index (χ1n) is 8.59. The van der Waals surface area contributed by atoms with E-state index in [0.717, 1.165) is 0 Å². The molecule has 0 radical (unpaired) electrons. The molecule has 1 heterocycles. The lowest BCUT2D eigenvalue weighted by Crippen LogP contribution is -2.59. The van der Waals surface area contributed by atoms with Crippen molar-refractivity contribution in [3.05, 3.63) is 41.0 Å². The molecule has 3 aliphatic rings. The highest BCUT2D eigenvalue weighted by Crippen LogP contribution is 2.58. The van der Waals surface area contributed by atoms with Crippen molar-refractivity contribution in [3.63, 3.8) is 0 Å². The Bertz CT molecular complexity index is 867. The number of carbonyl (C=O) groups excluding carboxylic acids is 3. The standard InChI is InChI=1S/C20H20O6/c1-10(22)24-13-7-5-6-12-16(13)18(23)15-11(9-21)8-14-17(15)20(12,4)26-19(2,3)25-14/h5-9,14-15,17H,1-4H3/t14-,15+,17-,20+/m0/s1. The van der Waals surface area contributed by atoms with Gasteiger partial charge < -0.3 is 14.2 Å². The van der Waals surface area contributed by atoms with Crippen LogP contribution in [-0.2, 0) is 24.7 Å². The number of carbonyl (C=O) groups is 3. The third kappa shape index (κ3) is 2.22. The quantitative estimate of drug-likeness (QED) is 0.460. The van der Waals surface area contributed by atoms with Gasteiger partial charge in [0.2, 0.25) is 0 Å². The summed E-state index contributed by atoms with van der Waals surface area (Å²) in [6.07, 6.45) is 2.03. The molecule has 1 saturated heterocycles. The van der Waals surface area contributed by atoms with Gasteiger partial charge in [0.25, 0.3) is 0 Å². The number of hydrogen-bond acceptors (Lipinski definition) is 6. The Kier molecular flexibility index (Phi) is 3.52. The number of rotatable bonds is 2. The summed E-state index contributed by atoms with van der Waals surface area (Å²) in [6.45, 7) is 6.81. The van der Waals surface area contributed by atoms with E-state index in [2.05, 4.69) is 0 Å². The number of fused-ring (bicyclic) bond motifs is 2. The van der Waals surface area contributed by atoms with E-state index in [0.29, 0.717) is 23.0 Å². The highest BCUT2D eigenvalue weighted by molar-refractivity contribution is 6.08. The van der Waals surface area contributed by atoms with Crippen LogP contribution < -0.4 is 4.74 Å². The minimum atomic E-state index is -0.898. The van der Waals surface area contributed by atoms with Crippen molar-refractivity contribution in [2.24, 2.45) is 11.8 Å². The van der Waals surface area contributed by atoms with E-state index >= 15 is 0 Å². The Hall–Kier alpha value is -2.31. The fourth-order valence-electron chi connectivity index (χ4n) is 4.72. The Morgan fingerprint density at radius 1 is 1.27 bits per heavy atom. The van der Waals surface area contributed by atoms with Gasteiger partial charge >= 0.3 is 5.97 Å². The zero-order chi connectivity index (χ0) is 18.9. The second-order valence-electron chi connectivity index (χ2n) is 7.62. The smallest absolute Gasteiger partial charge is 0.308 e. The molecule has 1 fully saturated rings. The van der Waals surface area contributed by atoms with E-state index in [4.69, 9.17) is 14.2 Å². The van der Waals surface area contributed by atoms with Crippen LogP contribution in [-0.4, -0.2) is 29.9 Å². The van der Waals surface area contributed by atoms with Crippen LogP contribution in [0.1, 0.15) is 43.6 Å². The zero-order valence-corrected chi connectivity index (χ0v) is 15.1. The Labute approximate surface area is 151 Å². The third-order valence-corrected chi connectivity index (χ3v) is 5.42. The molecular formula is C20H20O6. The summed E-state index contributed by atoms with van der Waals surface area (Å²) < 4.78 is 17.6. The molecule has 4 atom stereocenters. The second-order valence-corrected chi connectivity index (χ2v) is 7.62. The van der Waals surface area contributed by atoms with Gasteiger partial charge in [-0.25, -0.2) is 0 Å². The fourth-order valence-corrected chi connectivity index (χ4v) is 4.72. The molecule has 0 saturated carbocycles. The monoisotopic (exact) mass is 356 g/mol. The molecule has 1 aliphatic heterocycles. The molecule has 0 spiro atoms. The van der Waals surface area contributed by atoms with Gasteiger partial charge in [-0.2, -0.15) is 0 Å². The molecule has 4 rings (SSSR count). The normalized spacial score (nSPS) is 33.8. The van der Waals surface area contributed by atoms with E-state index in [1.165, 1.54) is 6.92 Å². The SMILES string of the molecule is CC(=O)Oc1cccc2c1C(=O)[C@@H]1C(C=O)=C[C@@H]3OC(C)(C)O[C@@]2(C)[C@H]13. The number of allylic oxidation sites excluding steroid dienone is 1. The largest absolute Gasteiger partial charge is 0.426 e. The van der Waals surface area contributed by atoms with Crippen LogP contribution in [0.2, 0.25) is 0 Å². The summed E-state index contributed by atoms with van der Waals surface area (Å²) in [5, 5.41) is 0. The molecule has 0 amide bonds. The van der Waals surface area contributed by atoms with Gasteiger partial charge in [0, 0.05) is 18.4 Å². The van der Waals surface area contributed by atoms with Gasteiger partial charge in [0.05, 0.1) is 17.6 Å². The first kappa shape index (κ1) is 17.1. The van der Waals surface area contributed by atoms with Crippen molar-refractivity contribution in [2.75, 3.05) is 0 Å². The maximum absolute atomic E-state index is 13.3. The molecule has 0 N–H and O–H groups in total. The molecule has 1 aromatic rings. The maximum Gasteiger partial charge on any atom is 0.308 e. The van der Waals surface area contributed by atoms with E-state index in [1.54, 1.807) is 18.2 Å². The number of aldehydes is 1. The number of ketones is 1. The van der Waals surface area contributed by atoms with Gasteiger partial charge in [-0.3, -0.25) is 14.4 Å². The molecule has 26 heavy (non-hydrogen) atoms.